The van der Waals surface area contributed by atoms with Crippen molar-refractivity contribution in [3.8, 4) is 51.1 Å². The number of aromatic nitrogens is 2. The molecule has 0 saturated heterocycles. The van der Waals surface area contributed by atoms with Gasteiger partial charge in [0.2, 0.25) is 0 Å². The minimum atomic E-state index is 0.754. The highest BCUT2D eigenvalue weighted by Crippen LogP contribution is 2.35. The van der Waals surface area contributed by atoms with Gasteiger partial charge in [0.05, 0.1) is 23.4 Å². The fourth-order valence-corrected chi connectivity index (χ4v) is 6.81. The Balaban J connectivity index is 0.958. The number of para-hydroxylation sites is 2. The van der Waals surface area contributed by atoms with E-state index in [0.29, 0.717) is 0 Å². The molecule has 2 aromatic heterocycles. The van der Waals surface area contributed by atoms with Crippen LogP contribution in [-0.2, 0) is 0 Å². The molecule has 0 bridgehead atoms. The lowest BCUT2D eigenvalue weighted by Gasteiger charge is -2.19. The van der Waals surface area contributed by atoms with E-state index in [-0.39, 0.29) is 0 Å². The van der Waals surface area contributed by atoms with E-state index in [0.717, 1.165) is 63.4 Å². The summed E-state index contributed by atoms with van der Waals surface area (Å²) in [5, 5.41) is 2.47. The Morgan fingerprint density at radius 2 is 1.04 bits per heavy atom. The van der Waals surface area contributed by atoms with Crippen molar-refractivity contribution in [1.29, 1.82) is 0 Å². The predicted octanol–water partition coefficient (Wildman–Crippen LogP) is 11.3. The Morgan fingerprint density at radius 3 is 1.71 bits per heavy atom. The normalized spacial score (nSPS) is 12.6. The Morgan fingerprint density at radius 1 is 0.490 bits per heavy atom. The molecule has 1 aliphatic heterocycles. The lowest BCUT2D eigenvalue weighted by molar-refractivity contribution is 0.481. The molecular formula is C45H34N4O2. The van der Waals surface area contributed by atoms with Gasteiger partial charge < -0.3 is 23.8 Å². The van der Waals surface area contributed by atoms with Crippen molar-refractivity contribution in [3.05, 3.63) is 176 Å². The number of benzene rings is 6. The molecule has 0 amide bonds. The number of nitrogens with zero attached hydrogens (tertiary/aromatic N) is 4. The van der Waals surface area contributed by atoms with E-state index in [1.165, 1.54) is 21.8 Å². The fraction of sp³-hybridized carbons (Fsp3) is 0.0444. The molecule has 6 aromatic carbocycles. The largest absolute Gasteiger partial charge is 0.457 e. The maximum atomic E-state index is 6.48. The number of hydrogen-bond donors (Lipinski definition) is 0. The van der Waals surface area contributed by atoms with Crippen molar-refractivity contribution in [3.63, 3.8) is 0 Å². The van der Waals surface area contributed by atoms with Gasteiger partial charge in [-0.2, -0.15) is 0 Å². The van der Waals surface area contributed by atoms with E-state index in [1.807, 2.05) is 66.9 Å². The highest BCUT2D eigenvalue weighted by Gasteiger charge is 2.14. The third-order valence-corrected chi connectivity index (χ3v) is 9.21. The van der Waals surface area contributed by atoms with Crippen molar-refractivity contribution in [2.24, 2.45) is 0 Å². The summed E-state index contributed by atoms with van der Waals surface area (Å²) in [4.78, 5) is 9.03. The average molecular weight is 663 g/mol. The molecule has 51 heavy (non-hydrogen) atoms. The van der Waals surface area contributed by atoms with Crippen LogP contribution in [0.3, 0.4) is 0 Å². The first-order valence-electron chi connectivity index (χ1n) is 17.0. The summed E-state index contributed by atoms with van der Waals surface area (Å²) in [5.41, 5.74) is 8.40. The first kappa shape index (κ1) is 30.3. The minimum absolute atomic E-state index is 0.754. The summed E-state index contributed by atoms with van der Waals surface area (Å²) in [5.74, 6) is 3.07. The molecule has 1 aliphatic rings. The predicted molar refractivity (Wildman–Crippen MR) is 207 cm³/mol. The van der Waals surface area contributed by atoms with Crippen LogP contribution in [0, 0.1) is 0 Å². The van der Waals surface area contributed by atoms with Gasteiger partial charge in [0.1, 0.15) is 23.0 Å². The molecule has 246 valence electrons. The lowest BCUT2D eigenvalue weighted by Crippen LogP contribution is -2.21. The van der Waals surface area contributed by atoms with Crippen LogP contribution in [0.5, 0.6) is 23.0 Å². The molecule has 0 fully saturated rings. The molecule has 0 N–H and O–H groups in total. The van der Waals surface area contributed by atoms with Crippen molar-refractivity contribution in [2.75, 3.05) is 18.6 Å². The zero-order valence-electron chi connectivity index (χ0n) is 28.1. The first-order valence-corrected chi connectivity index (χ1v) is 17.0. The van der Waals surface area contributed by atoms with Crippen LogP contribution in [0.2, 0.25) is 0 Å². The highest BCUT2D eigenvalue weighted by molar-refractivity contribution is 6.09. The van der Waals surface area contributed by atoms with Gasteiger partial charge in [-0.1, -0.05) is 72.8 Å². The van der Waals surface area contributed by atoms with E-state index >= 15 is 0 Å². The Hall–Kier alpha value is -6.79. The van der Waals surface area contributed by atoms with Gasteiger partial charge in [0, 0.05) is 65.5 Å². The van der Waals surface area contributed by atoms with E-state index in [4.69, 9.17) is 14.5 Å². The molecule has 0 aliphatic carbocycles. The topological polar surface area (TPSA) is 42.8 Å². The van der Waals surface area contributed by atoms with Gasteiger partial charge >= 0.3 is 0 Å². The molecule has 9 rings (SSSR count). The summed E-state index contributed by atoms with van der Waals surface area (Å²) in [6.45, 7) is 0.812. The third kappa shape index (κ3) is 6.04. The smallest absolute Gasteiger partial charge is 0.129 e. The van der Waals surface area contributed by atoms with Crippen LogP contribution in [-0.4, -0.2) is 28.2 Å². The summed E-state index contributed by atoms with van der Waals surface area (Å²) < 4.78 is 15.1. The third-order valence-electron chi connectivity index (χ3n) is 9.21. The van der Waals surface area contributed by atoms with Crippen LogP contribution in [0.4, 0.5) is 5.69 Å². The van der Waals surface area contributed by atoms with Crippen LogP contribution >= 0.6 is 0 Å². The summed E-state index contributed by atoms with van der Waals surface area (Å²) in [6.07, 6.45) is 5.99. The minimum Gasteiger partial charge on any atom is -0.457 e. The van der Waals surface area contributed by atoms with Gasteiger partial charge in [0.25, 0.3) is 0 Å². The van der Waals surface area contributed by atoms with Gasteiger partial charge in [0.15, 0.2) is 0 Å². The van der Waals surface area contributed by atoms with Crippen molar-refractivity contribution >= 4 is 27.5 Å². The van der Waals surface area contributed by atoms with Gasteiger partial charge in [-0.25, -0.2) is 0 Å². The SMILES string of the molecule is CN1C=CN(c2cccc(Oc3cccc(-c4cc(-c5cccc(Oc6cccc(-n7c8ccccc8c8ccccc87)c6)c5)ccn4)c3)c2)C1. The molecular weight excluding hydrogens is 629 g/mol. The van der Waals surface area contributed by atoms with Gasteiger partial charge in [-0.05, 0) is 83.9 Å². The molecule has 6 nitrogen and oxygen atoms in total. The second-order valence-corrected chi connectivity index (χ2v) is 12.7. The second kappa shape index (κ2) is 12.9. The zero-order chi connectivity index (χ0) is 34.1. The van der Waals surface area contributed by atoms with Crippen molar-refractivity contribution < 1.29 is 9.47 Å². The molecule has 0 atom stereocenters. The zero-order valence-corrected chi connectivity index (χ0v) is 28.1. The van der Waals surface area contributed by atoms with E-state index in [2.05, 4.69) is 131 Å². The number of anilines is 1. The van der Waals surface area contributed by atoms with Crippen molar-refractivity contribution in [2.45, 2.75) is 0 Å². The fourth-order valence-electron chi connectivity index (χ4n) is 6.81. The van der Waals surface area contributed by atoms with Crippen molar-refractivity contribution in [1.82, 2.24) is 14.5 Å². The first-order chi connectivity index (χ1) is 25.1. The van der Waals surface area contributed by atoms with Crippen LogP contribution < -0.4 is 14.4 Å². The molecule has 0 saturated carbocycles. The number of pyridine rings is 1. The Bertz CT molecular complexity index is 2520. The number of fused-ring (bicyclic) bond motifs is 3. The molecule has 0 radical (unpaired) electrons. The molecule has 0 unspecified atom stereocenters. The van der Waals surface area contributed by atoms with E-state index in [1.54, 1.807) is 0 Å². The Labute approximate surface area is 296 Å². The van der Waals surface area contributed by atoms with Crippen LogP contribution in [0.15, 0.2) is 176 Å². The highest BCUT2D eigenvalue weighted by atomic mass is 16.5. The van der Waals surface area contributed by atoms with Gasteiger partial charge in [-0.15, -0.1) is 0 Å². The van der Waals surface area contributed by atoms with Crippen LogP contribution in [0.1, 0.15) is 0 Å². The van der Waals surface area contributed by atoms with Crippen LogP contribution in [0.25, 0.3) is 49.9 Å². The molecule has 0 spiro atoms. The monoisotopic (exact) mass is 662 g/mol. The summed E-state index contributed by atoms with van der Waals surface area (Å²) in [7, 11) is 2.06. The van der Waals surface area contributed by atoms with E-state index < -0.39 is 0 Å². The maximum Gasteiger partial charge on any atom is 0.129 e. The van der Waals surface area contributed by atoms with Gasteiger partial charge in [-0.3, -0.25) is 4.98 Å². The maximum absolute atomic E-state index is 6.48. The van der Waals surface area contributed by atoms with E-state index in [9.17, 15) is 0 Å². The second-order valence-electron chi connectivity index (χ2n) is 12.7. The molecule has 8 aromatic rings. The standard InChI is InChI=1S/C45H34N4O2/c1-47-24-25-48(31-47)35-12-8-16-39(29-35)51-38-15-7-11-34(27-38)43-28-33(22-23-46-43)32-10-6-14-37(26-32)50-40-17-9-13-36(30-40)49-44-20-4-2-18-41(44)42-19-3-5-21-45(42)49/h2-30H,31H2,1H3. The average Bonchev–Trinajstić information content (AvgIpc) is 3.77. The Kier molecular flexibility index (Phi) is 7.67. The summed E-state index contributed by atoms with van der Waals surface area (Å²) >= 11 is 0. The number of rotatable bonds is 8. The number of hydrogen-bond acceptors (Lipinski definition) is 5. The molecule has 3 heterocycles. The lowest BCUT2D eigenvalue weighted by atomic mass is 10.0. The molecule has 6 heteroatoms. The number of ether oxygens (including phenoxy) is 2. The summed E-state index contributed by atoms with van der Waals surface area (Å²) in [6, 6.07) is 53.9. The quantitative estimate of drug-likeness (QED) is 0.162.